The van der Waals surface area contributed by atoms with Gasteiger partial charge in [0.2, 0.25) is 0 Å². The first-order valence-electron chi connectivity index (χ1n) is 9.14. The molecule has 2 aliphatic rings. The molecule has 0 bridgehead atoms. The van der Waals surface area contributed by atoms with Crippen LogP contribution in [-0.4, -0.2) is 35.4 Å². The maximum atomic E-state index is 11.0. The van der Waals surface area contributed by atoms with Gasteiger partial charge in [0.15, 0.2) is 0 Å². The summed E-state index contributed by atoms with van der Waals surface area (Å²) in [5, 5.41) is 9.01. The smallest absolute Gasteiger partial charge is 0.335 e. The third-order valence-corrected chi connectivity index (χ3v) is 4.56. The highest BCUT2D eigenvalue weighted by molar-refractivity contribution is 5.90. The van der Waals surface area contributed by atoms with Crippen LogP contribution in [0.2, 0.25) is 0 Å². The van der Waals surface area contributed by atoms with Gasteiger partial charge < -0.3 is 20.5 Å². The third kappa shape index (κ3) is 5.71. The Morgan fingerprint density at radius 1 is 1.50 bits per heavy atom. The summed E-state index contributed by atoms with van der Waals surface area (Å²) in [5.41, 5.74) is 9.62. The number of nitrogens with two attached hydrogens (primary N) is 1. The molecule has 0 radical (unpaired) electrons. The van der Waals surface area contributed by atoms with Crippen molar-refractivity contribution >= 4 is 5.97 Å². The summed E-state index contributed by atoms with van der Waals surface area (Å²) in [6.07, 6.45) is 14.8. The number of aliphatic carboxylic acids is 1. The van der Waals surface area contributed by atoms with Gasteiger partial charge in [-0.1, -0.05) is 36.0 Å². The first-order valence-corrected chi connectivity index (χ1v) is 9.14. The molecule has 0 fully saturated rings. The molecule has 1 unspecified atom stereocenters. The van der Waals surface area contributed by atoms with Gasteiger partial charge in [-0.3, -0.25) is 0 Å². The Labute approximate surface area is 156 Å². The number of allylic oxidation sites excluding steroid dienone is 6. The SMILES string of the molecule is C/C(=C\C/C=C1\CC(COCN)=CN1C(C)C)CC1C=CC(C(=O)O)=C1. The summed E-state index contributed by atoms with van der Waals surface area (Å²) < 4.78 is 5.33. The average molecular weight is 358 g/mol. The monoisotopic (exact) mass is 358 g/mol. The average Bonchev–Trinajstić information content (AvgIpc) is 3.20. The van der Waals surface area contributed by atoms with Crippen LogP contribution in [0.1, 0.15) is 40.0 Å². The van der Waals surface area contributed by atoms with Crippen LogP contribution in [0.15, 0.2) is 59.0 Å². The fourth-order valence-electron chi connectivity index (χ4n) is 3.28. The molecule has 5 nitrogen and oxygen atoms in total. The van der Waals surface area contributed by atoms with Crippen molar-refractivity contribution in [2.75, 3.05) is 13.3 Å². The number of carboxylic acids is 1. The van der Waals surface area contributed by atoms with Crippen molar-refractivity contribution in [1.29, 1.82) is 0 Å². The molecule has 0 spiro atoms. The lowest BCUT2D eigenvalue weighted by Gasteiger charge is -2.22. The van der Waals surface area contributed by atoms with Gasteiger partial charge in [0, 0.05) is 24.4 Å². The molecule has 1 atom stereocenters. The number of nitrogens with zero attached hydrogens (tertiary/aromatic N) is 1. The summed E-state index contributed by atoms with van der Waals surface area (Å²) in [7, 11) is 0. The lowest BCUT2D eigenvalue weighted by atomic mass is 10.0. The summed E-state index contributed by atoms with van der Waals surface area (Å²) in [5.74, 6) is -0.669. The zero-order chi connectivity index (χ0) is 19.1. The minimum Gasteiger partial charge on any atom is -0.478 e. The number of hydrogen-bond acceptors (Lipinski definition) is 4. The maximum Gasteiger partial charge on any atom is 0.335 e. The number of carbonyl (C=O) groups is 1. The van der Waals surface area contributed by atoms with Crippen LogP contribution in [0, 0.1) is 5.92 Å². The number of ether oxygens (including phenoxy) is 1. The highest BCUT2D eigenvalue weighted by Crippen LogP contribution is 2.28. The molecule has 3 N–H and O–H groups in total. The van der Waals surface area contributed by atoms with Crippen molar-refractivity contribution < 1.29 is 14.6 Å². The fraction of sp³-hybridized carbons (Fsp3) is 0.476. The maximum absolute atomic E-state index is 11.0. The van der Waals surface area contributed by atoms with Gasteiger partial charge in [-0.15, -0.1) is 0 Å². The van der Waals surface area contributed by atoms with E-state index in [-0.39, 0.29) is 12.6 Å². The van der Waals surface area contributed by atoms with Crippen molar-refractivity contribution in [3.8, 4) is 0 Å². The number of rotatable bonds is 9. The zero-order valence-corrected chi connectivity index (χ0v) is 15.9. The first kappa shape index (κ1) is 20.2. The Hall–Kier alpha value is -2.11. The van der Waals surface area contributed by atoms with Crippen LogP contribution in [-0.2, 0) is 9.53 Å². The van der Waals surface area contributed by atoms with Gasteiger partial charge in [-0.05, 0) is 45.1 Å². The lowest BCUT2D eigenvalue weighted by molar-refractivity contribution is -0.132. The normalized spacial score (nSPS) is 21.7. The Balaban J connectivity index is 1.91. The number of hydrogen-bond donors (Lipinski definition) is 2. The Morgan fingerprint density at radius 2 is 2.27 bits per heavy atom. The Kier molecular flexibility index (Phi) is 7.42. The van der Waals surface area contributed by atoms with Crippen molar-refractivity contribution in [2.24, 2.45) is 11.7 Å². The van der Waals surface area contributed by atoms with Crippen molar-refractivity contribution in [3.63, 3.8) is 0 Å². The van der Waals surface area contributed by atoms with E-state index in [0.717, 1.165) is 19.3 Å². The molecule has 26 heavy (non-hydrogen) atoms. The molecular formula is C21H30N2O3. The second-order valence-corrected chi connectivity index (χ2v) is 7.12. The summed E-state index contributed by atoms with van der Waals surface area (Å²) in [4.78, 5) is 13.3. The molecule has 1 aliphatic heterocycles. The van der Waals surface area contributed by atoms with Crippen LogP contribution < -0.4 is 5.73 Å². The molecule has 2 rings (SSSR count). The largest absolute Gasteiger partial charge is 0.478 e. The first-order chi connectivity index (χ1) is 12.4. The minimum absolute atomic E-state index is 0.185. The van der Waals surface area contributed by atoms with E-state index in [1.807, 2.05) is 12.2 Å². The predicted molar refractivity (Wildman–Crippen MR) is 104 cm³/mol. The van der Waals surface area contributed by atoms with Gasteiger partial charge in [0.05, 0.1) is 18.9 Å². The van der Waals surface area contributed by atoms with E-state index >= 15 is 0 Å². The number of carboxylic acid groups (broad SMARTS) is 1. The van der Waals surface area contributed by atoms with Crippen LogP contribution in [0.25, 0.3) is 0 Å². The van der Waals surface area contributed by atoms with Gasteiger partial charge in [0.1, 0.15) is 0 Å². The van der Waals surface area contributed by atoms with E-state index < -0.39 is 5.97 Å². The third-order valence-electron chi connectivity index (χ3n) is 4.56. The van der Waals surface area contributed by atoms with E-state index in [9.17, 15) is 4.79 Å². The van der Waals surface area contributed by atoms with Gasteiger partial charge >= 0.3 is 5.97 Å². The molecule has 5 heteroatoms. The van der Waals surface area contributed by atoms with Crippen LogP contribution in [0.4, 0.5) is 0 Å². The van der Waals surface area contributed by atoms with Crippen LogP contribution >= 0.6 is 0 Å². The van der Waals surface area contributed by atoms with Gasteiger partial charge in [-0.25, -0.2) is 4.79 Å². The molecule has 0 amide bonds. The molecule has 0 aromatic rings. The van der Waals surface area contributed by atoms with Gasteiger partial charge in [-0.2, -0.15) is 0 Å². The van der Waals surface area contributed by atoms with Gasteiger partial charge in [0.25, 0.3) is 0 Å². The molecule has 0 aromatic heterocycles. The second-order valence-electron chi connectivity index (χ2n) is 7.12. The topological polar surface area (TPSA) is 75.8 Å². The van der Waals surface area contributed by atoms with Crippen molar-refractivity contribution in [3.05, 3.63) is 59.0 Å². The standard InChI is InChI=1S/C21H30N2O3/c1-15(2)23-12-18(13-26-14-22)11-20(23)6-4-5-16(3)9-17-7-8-19(10-17)21(24)25/h5-8,10,12,15,17H,4,9,11,13-14,22H2,1-3H3,(H,24,25)/b16-5+,20-6+. The van der Waals surface area contributed by atoms with E-state index in [0.29, 0.717) is 18.2 Å². The zero-order valence-electron chi connectivity index (χ0n) is 15.9. The quantitative estimate of drug-likeness (QED) is 0.485. The van der Waals surface area contributed by atoms with E-state index in [4.69, 9.17) is 15.6 Å². The summed E-state index contributed by atoms with van der Waals surface area (Å²) in [6.45, 7) is 7.28. The molecule has 0 saturated heterocycles. The second kappa shape index (κ2) is 9.55. The highest BCUT2D eigenvalue weighted by Gasteiger charge is 2.20. The molecule has 0 saturated carbocycles. The fourth-order valence-corrected chi connectivity index (χ4v) is 3.28. The lowest BCUT2D eigenvalue weighted by Crippen LogP contribution is -2.21. The molecular weight excluding hydrogens is 328 g/mol. The Morgan fingerprint density at radius 3 is 2.88 bits per heavy atom. The van der Waals surface area contributed by atoms with Crippen LogP contribution in [0.5, 0.6) is 0 Å². The van der Waals surface area contributed by atoms with E-state index in [2.05, 4.69) is 44.0 Å². The van der Waals surface area contributed by atoms with E-state index in [1.165, 1.54) is 16.8 Å². The predicted octanol–water partition coefficient (Wildman–Crippen LogP) is 3.72. The molecule has 0 aromatic carbocycles. The van der Waals surface area contributed by atoms with Crippen molar-refractivity contribution in [1.82, 2.24) is 4.90 Å². The minimum atomic E-state index is -0.855. The van der Waals surface area contributed by atoms with Crippen molar-refractivity contribution in [2.45, 2.75) is 46.1 Å². The summed E-state index contributed by atoms with van der Waals surface area (Å²) in [6, 6.07) is 0.407. The molecule has 142 valence electrons. The summed E-state index contributed by atoms with van der Waals surface area (Å²) >= 11 is 0. The Bertz CT molecular complexity index is 669. The molecule has 1 heterocycles. The van der Waals surface area contributed by atoms with Crippen LogP contribution in [0.3, 0.4) is 0 Å². The van der Waals surface area contributed by atoms with E-state index in [1.54, 1.807) is 6.08 Å². The molecule has 1 aliphatic carbocycles. The highest BCUT2D eigenvalue weighted by atomic mass is 16.5.